The van der Waals surface area contributed by atoms with Crippen LogP contribution in [-0.4, -0.2) is 46.6 Å². The number of nitrogens with zero attached hydrogens (tertiary/aromatic N) is 1. The van der Waals surface area contributed by atoms with Gasteiger partial charge in [-0.3, -0.25) is 10.1 Å². The Morgan fingerprint density at radius 1 is 0.938 bits per heavy atom. The molecule has 0 unspecified atom stereocenters. The maximum atomic E-state index is 11.8. The average molecular weight is 447 g/mol. The summed E-state index contributed by atoms with van der Waals surface area (Å²) in [5, 5.41) is 11.8. The van der Waals surface area contributed by atoms with Crippen LogP contribution in [0.4, 0.5) is 5.69 Å². The molecule has 0 spiro atoms. The summed E-state index contributed by atoms with van der Waals surface area (Å²) in [6.45, 7) is 2.80. The van der Waals surface area contributed by atoms with E-state index in [9.17, 15) is 10.1 Å². The summed E-state index contributed by atoms with van der Waals surface area (Å²) in [6.07, 6.45) is 1.06. The molecule has 2 aromatic rings. The molecule has 0 bridgehead atoms. The molecule has 3 rings (SSSR count). The quantitative estimate of drug-likeness (QED) is 0.383. The van der Waals surface area contributed by atoms with Gasteiger partial charge in [0.05, 0.1) is 46.1 Å². The van der Waals surface area contributed by atoms with Crippen LogP contribution >= 0.6 is 0 Å². The fourth-order valence-corrected chi connectivity index (χ4v) is 3.98. The zero-order valence-corrected chi connectivity index (χ0v) is 19.0. The second-order valence-corrected chi connectivity index (χ2v) is 7.32. The van der Waals surface area contributed by atoms with Crippen molar-refractivity contribution in [1.29, 1.82) is 0 Å². The highest BCUT2D eigenvalue weighted by Gasteiger charge is 2.35. The summed E-state index contributed by atoms with van der Waals surface area (Å²) in [6, 6.07) is 7.03. The molecule has 1 heterocycles. The van der Waals surface area contributed by atoms with Crippen molar-refractivity contribution >= 4 is 5.69 Å². The first-order chi connectivity index (χ1) is 15.5. The highest BCUT2D eigenvalue weighted by atomic mass is 16.6. The van der Waals surface area contributed by atoms with E-state index in [1.807, 2.05) is 19.1 Å². The zero-order valence-electron chi connectivity index (χ0n) is 19.0. The Balaban J connectivity index is 2.06. The second kappa shape index (κ2) is 10.4. The fraction of sp³-hybridized carbons (Fsp3) is 0.478. The molecule has 9 heteroatoms. The minimum atomic E-state index is -0.443. The van der Waals surface area contributed by atoms with Crippen molar-refractivity contribution in [3.05, 3.63) is 45.5 Å². The van der Waals surface area contributed by atoms with Gasteiger partial charge in [0, 0.05) is 18.6 Å². The van der Waals surface area contributed by atoms with Crippen molar-refractivity contribution in [1.82, 2.24) is 0 Å². The van der Waals surface area contributed by atoms with Crippen molar-refractivity contribution in [2.45, 2.75) is 31.8 Å². The summed E-state index contributed by atoms with van der Waals surface area (Å²) in [7, 11) is 6.13. The second-order valence-electron chi connectivity index (χ2n) is 7.32. The molecule has 0 aromatic heterocycles. The van der Waals surface area contributed by atoms with E-state index in [2.05, 4.69) is 0 Å². The van der Waals surface area contributed by atoms with Crippen molar-refractivity contribution in [2.75, 3.05) is 41.7 Å². The first kappa shape index (κ1) is 23.5. The summed E-state index contributed by atoms with van der Waals surface area (Å²) in [5.41, 5.74) is 1.45. The van der Waals surface area contributed by atoms with Gasteiger partial charge < -0.3 is 28.4 Å². The lowest BCUT2D eigenvalue weighted by Gasteiger charge is -2.22. The van der Waals surface area contributed by atoms with Crippen molar-refractivity contribution in [3.8, 4) is 28.7 Å². The number of hydrogen-bond acceptors (Lipinski definition) is 8. The number of benzene rings is 2. The fourth-order valence-electron chi connectivity index (χ4n) is 3.98. The molecule has 1 fully saturated rings. The number of rotatable bonds is 10. The summed E-state index contributed by atoms with van der Waals surface area (Å²) < 4.78 is 33.5. The van der Waals surface area contributed by atoms with Crippen LogP contribution in [0.1, 0.15) is 42.9 Å². The van der Waals surface area contributed by atoms with Gasteiger partial charge in [0.15, 0.2) is 17.2 Å². The number of nitro benzene ring substituents is 1. The molecule has 1 saturated heterocycles. The third kappa shape index (κ3) is 4.52. The van der Waals surface area contributed by atoms with E-state index in [-0.39, 0.29) is 23.5 Å². The van der Waals surface area contributed by atoms with Crippen molar-refractivity contribution in [3.63, 3.8) is 0 Å². The molecular formula is C23H29NO8. The van der Waals surface area contributed by atoms with E-state index in [1.54, 1.807) is 33.5 Å². The first-order valence-corrected chi connectivity index (χ1v) is 10.4. The Morgan fingerprint density at radius 2 is 1.53 bits per heavy atom. The Morgan fingerprint density at radius 3 is 2.06 bits per heavy atom. The third-order valence-corrected chi connectivity index (χ3v) is 5.46. The largest absolute Gasteiger partial charge is 0.493 e. The predicted octanol–water partition coefficient (Wildman–Crippen LogP) is 4.66. The Kier molecular flexibility index (Phi) is 7.63. The van der Waals surface area contributed by atoms with Gasteiger partial charge in [0.2, 0.25) is 11.5 Å². The number of hydrogen-bond donors (Lipinski definition) is 0. The average Bonchev–Trinajstić information content (AvgIpc) is 3.31. The van der Waals surface area contributed by atoms with Gasteiger partial charge in [-0.05, 0) is 42.2 Å². The predicted molar refractivity (Wildman–Crippen MR) is 118 cm³/mol. The van der Waals surface area contributed by atoms with Crippen molar-refractivity contribution < 1.29 is 33.3 Å². The van der Waals surface area contributed by atoms with Crippen LogP contribution < -0.4 is 23.7 Å². The van der Waals surface area contributed by atoms with Gasteiger partial charge in [-0.1, -0.05) is 6.92 Å². The molecule has 0 saturated carbocycles. The maximum Gasteiger partial charge on any atom is 0.315 e. The zero-order chi connectivity index (χ0) is 23.3. The van der Waals surface area contributed by atoms with E-state index in [0.717, 1.165) is 17.5 Å². The molecule has 0 aliphatic carbocycles. The van der Waals surface area contributed by atoms with Crippen LogP contribution in [-0.2, 0) is 4.74 Å². The molecule has 1 aliphatic heterocycles. The van der Waals surface area contributed by atoms with Crippen LogP contribution in [0.3, 0.4) is 0 Å². The first-order valence-electron chi connectivity index (χ1n) is 10.4. The van der Waals surface area contributed by atoms with Crippen molar-refractivity contribution in [2.24, 2.45) is 0 Å². The highest BCUT2D eigenvalue weighted by molar-refractivity contribution is 5.60. The normalized spacial score (nSPS) is 17.7. The Labute approximate surface area is 187 Å². The van der Waals surface area contributed by atoms with E-state index in [4.69, 9.17) is 28.4 Å². The summed E-state index contributed by atoms with van der Waals surface area (Å²) in [4.78, 5) is 11.4. The minimum Gasteiger partial charge on any atom is -0.493 e. The van der Waals surface area contributed by atoms with Crippen LogP contribution in [0, 0.1) is 10.1 Å². The van der Waals surface area contributed by atoms with Crippen LogP contribution in [0.15, 0.2) is 24.3 Å². The minimum absolute atomic E-state index is 0.122. The van der Waals surface area contributed by atoms with Gasteiger partial charge in [-0.25, -0.2) is 0 Å². The van der Waals surface area contributed by atoms with E-state index >= 15 is 0 Å². The molecule has 1 aliphatic rings. The van der Waals surface area contributed by atoms with Crippen LogP contribution in [0.5, 0.6) is 28.7 Å². The van der Waals surface area contributed by atoms with Gasteiger partial charge in [0.25, 0.3) is 0 Å². The third-order valence-electron chi connectivity index (χ3n) is 5.46. The molecule has 32 heavy (non-hydrogen) atoms. The molecule has 9 nitrogen and oxygen atoms in total. The molecule has 0 N–H and O–H groups in total. The molecule has 0 radical (unpaired) electrons. The van der Waals surface area contributed by atoms with Gasteiger partial charge in [-0.2, -0.15) is 0 Å². The summed E-state index contributed by atoms with van der Waals surface area (Å²) >= 11 is 0. The summed E-state index contributed by atoms with van der Waals surface area (Å²) in [5.74, 6) is 1.86. The van der Waals surface area contributed by atoms with Gasteiger partial charge in [-0.15, -0.1) is 0 Å². The monoisotopic (exact) mass is 447 g/mol. The molecular weight excluding hydrogens is 418 g/mol. The lowest BCUT2D eigenvalue weighted by molar-refractivity contribution is -0.386. The Bertz CT molecular complexity index is 936. The van der Waals surface area contributed by atoms with Gasteiger partial charge >= 0.3 is 5.69 Å². The van der Waals surface area contributed by atoms with E-state index < -0.39 is 4.92 Å². The highest BCUT2D eigenvalue weighted by Crippen LogP contribution is 2.49. The lowest BCUT2D eigenvalue weighted by atomic mass is 9.88. The van der Waals surface area contributed by atoms with Gasteiger partial charge in [0.1, 0.15) is 0 Å². The van der Waals surface area contributed by atoms with E-state index in [1.165, 1.54) is 7.11 Å². The number of methoxy groups -OCH3 is 4. The molecule has 0 amide bonds. The lowest BCUT2D eigenvalue weighted by Crippen LogP contribution is -2.09. The standard InChI is InChI=1S/C23H29NO8/c1-6-8-31-22-17(24(25)26)10-14(11-18(22)27-2)16-7-9-32-21(16)15-12-19(28-3)23(30-5)20(13-15)29-4/h10-13,16,21H,6-9H2,1-5H3/t16-,21-/m1/s1. The maximum absolute atomic E-state index is 11.8. The SMILES string of the molecule is CCCOc1c(OC)cc([C@H]2CCO[C@@H]2c2cc(OC)c(OC)c(OC)c2)cc1[N+](=O)[O-]. The number of nitro groups is 1. The van der Waals surface area contributed by atoms with Crippen LogP contribution in [0.2, 0.25) is 0 Å². The van der Waals surface area contributed by atoms with Crippen LogP contribution in [0.25, 0.3) is 0 Å². The molecule has 174 valence electrons. The molecule has 2 aromatic carbocycles. The smallest absolute Gasteiger partial charge is 0.315 e. The topological polar surface area (TPSA) is 98.5 Å². The van der Waals surface area contributed by atoms with E-state index in [0.29, 0.717) is 42.6 Å². The number of ether oxygens (including phenoxy) is 6. The Hall–Kier alpha value is -3.20. The molecule has 2 atom stereocenters.